The van der Waals surface area contributed by atoms with Crippen LogP contribution in [0.1, 0.15) is 90.4 Å². The van der Waals surface area contributed by atoms with Gasteiger partial charge in [-0.15, -0.1) is 0 Å². The smallest absolute Gasteiger partial charge is 0.417 e. The third-order valence-electron chi connectivity index (χ3n) is 5.80. The summed E-state index contributed by atoms with van der Waals surface area (Å²) >= 11 is 0. The molecule has 0 unspecified atom stereocenters. The van der Waals surface area contributed by atoms with Crippen LogP contribution in [0.15, 0.2) is 12.2 Å². The second-order valence-electron chi connectivity index (χ2n) is 8.02. The lowest BCUT2D eigenvalue weighted by atomic mass is 10.0. The van der Waals surface area contributed by atoms with Gasteiger partial charge in [0.2, 0.25) is 5.91 Å². The zero-order valence-corrected chi connectivity index (χ0v) is 16.9. The van der Waals surface area contributed by atoms with Crippen molar-refractivity contribution < 1.29 is 19.4 Å². The average Bonchev–Trinajstić information content (AvgIpc) is 3.32. The Labute approximate surface area is 164 Å². The van der Waals surface area contributed by atoms with Crippen molar-refractivity contribution in [2.75, 3.05) is 6.61 Å². The Kier molecular flexibility index (Phi) is 9.89. The molecular formula is C22H37NO4. The van der Waals surface area contributed by atoms with Gasteiger partial charge in [-0.1, -0.05) is 76.9 Å². The molecule has 1 N–H and O–H groups in total. The molecule has 0 aromatic rings. The minimum absolute atomic E-state index is 0.0839. The minimum Gasteiger partial charge on any atom is -0.447 e. The van der Waals surface area contributed by atoms with E-state index in [4.69, 9.17) is 4.74 Å². The molecule has 1 aliphatic heterocycles. The van der Waals surface area contributed by atoms with Crippen LogP contribution < -0.4 is 0 Å². The number of carbonyl (C=O) groups is 2. The van der Waals surface area contributed by atoms with E-state index in [2.05, 4.69) is 6.92 Å². The first-order chi connectivity index (χ1) is 13.1. The summed E-state index contributed by atoms with van der Waals surface area (Å²) < 4.78 is 5.05. The molecule has 2 rings (SSSR count). The number of nitrogens with zero attached hydrogens (tertiary/aromatic N) is 1. The van der Waals surface area contributed by atoms with Gasteiger partial charge in [0.25, 0.3) is 0 Å². The van der Waals surface area contributed by atoms with Gasteiger partial charge in [-0.25, -0.2) is 9.69 Å². The van der Waals surface area contributed by atoms with E-state index in [9.17, 15) is 14.7 Å². The SMILES string of the molecule is CCCCCCCCCC/C=C/[C@@H](O)[C@@H]1COC(=O)N1C(=O)C1CCCC1. The van der Waals surface area contributed by atoms with Gasteiger partial charge in [0.05, 0.1) is 6.10 Å². The number of carbonyl (C=O) groups excluding carboxylic acids is 2. The fourth-order valence-electron chi connectivity index (χ4n) is 4.07. The Morgan fingerprint density at radius 3 is 2.44 bits per heavy atom. The molecule has 2 fully saturated rings. The Morgan fingerprint density at radius 2 is 1.78 bits per heavy atom. The average molecular weight is 380 g/mol. The second kappa shape index (κ2) is 12.2. The summed E-state index contributed by atoms with van der Waals surface area (Å²) in [5.74, 6) is -0.262. The summed E-state index contributed by atoms with van der Waals surface area (Å²) in [6, 6.07) is -0.583. The minimum atomic E-state index is -0.851. The van der Waals surface area contributed by atoms with Crippen LogP contribution in [-0.4, -0.2) is 40.8 Å². The largest absolute Gasteiger partial charge is 0.447 e. The molecule has 1 heterocycles. The van der Waals surface area contributed by atoms with Crippen molar-refractivity contribution in [3.05, 3.63) is 12.2 Å². The fourth-order valence-corrected chi connectivity index (χ4v) is 4.07. The van der Waals surface area contributed by atoms with Gasteiger partial charge in [0.1, 0.15) is 12.6 Å². The number of imide groups is 1. The molecule has 0 spiro atoms. The summed E-state index contributed by atoms with van der Waals surface area (Å²) in [5, 5.41) is 10.4. The van der Waals surface area contributed by atoms with Gasteiger partial charge in [0, 0.05) is 5.92 Å². The fraction of sp³-hybridized carbons (Fsp3) is 0.818. The van der Waals surface area contributed by atoms with E-state index in [-0.39, 0.29) is 18.4 Å². The molecule has 154 valence electrons. The number of ether oxygens (including phenoxy) is 1. The van der Waals surface area contributed by atoms with Crippen LogP contribution in [0.3, 0.4) is 0 Å². The molecule has 1 aliphatic carbocycles. The molecule has 27 heavy (non-hydrogen) atoms. The Balaban J connectivity index is 1.67. The lowest BCUT2D eigenvalue weighted by Gasteiger charge is -2.24. The van der Waals surface area contributed by atoms with Crippen molar-refractivity contribution in [3.63, 3.8) is 0 Å². The monoisotopic (exact) mass is 379 g/mol. The van der Waals surface area contributed by atoms with Crippen molar-refractivity contribution in [2.45, 2.75) is 103 Å². The predicted octanol–water partition coefficient (Wildman–Crippen LogP) is 4.97. The highest BCUT2D eigenvalue weighted by Crippen LogP contribution is 2.29. The molecule has 2 atom stereocenters. The van der Waals surface area contributed by atoms with E-state index >= 15 is 0 Å². The molecule has 0 aromatic carbocycles. The molecule has 5 nitrogen and oxygen atoms in total. The zero-order chi connectivity index (χ0) is 19.5. The molecule has 5 heteroatoms. The number of hydrogen-bond donors (Lipinski definition) is 1. The number of unbranched alkanes of at least 4 members (excludes halogenated alkanes) is 8. The van der Waals surface area contributed by atoms with Crippen LogP contribution in [0.2, 0.25) is 0 Å². The van der Waals surface area contributed by atoms with Crippen molar-refractivity contribution >= 4 is 12.0 Å². The first-order valence-electron chi connectivity index (χ1n) is 11.0. The molecule has 2 amide bonds. The summed E-state index contributed by atoms with van der Waals surface area (Å²) in [6.07, 6.45) is 17.1. The van der Waals surface area contributed by atoms with Crippen LogP contribution in [0, 0.1) is 5.92 Å². The highest BCUT2D eigenvalue weighted by molar-refractivity contribution is 5.95. The van der Waals surface area contributed by atoms with Crippen molar-refractivity contribution in [1.29, 1.82) is 0 Å². The third-order valence-corrected chi connectivity index (χ3v) is 5.80. The standard InChI is InChI=1S/C22H37NO4/c1-2-3-4-5-6-7-8-9-10-11-16-20(24)19-17-27-22(26)23(19)21(25)18-14-12-13-15-18/h11,16,18-20,24H,2-10,12-15,17H2,1H3/b16-11+/t19-,20+/m0/s1. The summed E-state index contributed by atoms with van der Waals surface area (Å²) in [6.45, 7) is 2.32. The molecular weight excluding hydrogens is 342 g/mol. The van der Waals surface area contributed by atoms with Crippen molar-refractivity contribution in [3.8, 4) is 0 Å². The maximum Gasteiger partial charge on any atom is 0.417 e. The van der Waals surface area contributed by atoms with Crippen LogP contribution in [-0.2, 0) is 9.53 Å². The highest BCUT2D eigenvalue weighted by Gasteiger charge is 2.43. The number of cyclic esters (lactones) is 1. The van der Waals surface area contributed by atoms with E-state index in [0.717, 1.165) is 38.5 Å². The first-order valence-corrected chi connectivity index (χ1v) is 11.0. The van der Waals surface area contributed by atoms with E-state index in [1.165, 1.54) is 49.8 Å². The van der Waals surface area contributed by atoms with Gasteiger partial charge in [-0.05, 0) is 25.7 Å². The van der Waals surface area contributed by atoms with Gasteiger partial charge in [-0.2, -0.15) is 0 Å². The van der Waals surface area contributed by atoms with Crippen LogP contribution in [0.4, 0.5) is 4.79 Å². The lowest BCUT2D eigenvalue weighted by molar-refractivity contribution is -0.134. The second-order valence-corrected chi connectivity index (χ2v) is 8.02. The van der Waals surface area contributed by atoms with Crippen LogP contribution in [0.5, 0.6) is 0 Å². The summed E-state index contributed by atoms with van der Waals surface area (Å²) in [7, 11) is 0. The Hall–Kier alpha value is -1.36. The predicted molar refractivity (Wildman–Crippen MR) is 106 cm³/mol. The number of aliphatic hydroxyl groups is 1. The van der Waals surface area contributed by atoms with Gasteiger partial charge >= 0.3 is 6.09 Å². The molecule has 1 saturated carbocycles. The summed E-state index contributed by atoms with van der Waals surface area (Å²) in [4.78, 5) is 25.8. The number of aliphatic hydroxyl groups excluding tert-OH is 1. The zero-order valence-electron chi connectivity index (χ0n) is 16.9. The van der Waals surface area contributed by atoms with Crippen molar-refractivity contribution in [1.82, 2.24) is 4.90 Å². The Morgan fingerprint density at radius 1 is 1.15 bits per heavy atom. The highest BCUT2D eigenvalue weighted by atomic mass is 16.6. The van der Waals surface area contributed by atoms with E-state index in [1.54, 1.807) is 6.08 Å². The number of hydrogen-bond acceptors (Lipinski definition) is 4. The van der Waals surface area contributed by atoms with E-state index in [1.807, 2.05) is 6.08 Å². The summed E-state index contributed by atoms with van der Waals surface area (Å²) in [5.41, 5.74) is 0. The maximum atomic E-state index is 12.6. The van der Waals surface area contributed by atoms with Crippen LogP contribution >= 0.6 is 0 Å². The number of rotatable bonds is 12. The van der Waals surface area contributed by atoms with E-state index < -0.39 is 18.2 Å². The molecule has 0 aromatic heterocycles. The number of amides is 2. The molecule has 0 radical (unpaired) electrons. The van der Waals surface area contributed by atoms with Gasteiger partial charge < -0.3 is 9.84 Å². The molecule has 2 aliphatic rings. The topological polar surface area (TPSA) is 66.8 Å². The normalized spacial score (nSPS) is 21.9. The van der Waals surface area contributed by atoms with Gasteiger partial charge in [-0.3, -0.25) is 4.79 Å². The van der Waals surface area contributed by atoms with Crippen LogP contribution in [0.25, 0.3) is 0 Å². The lowest BCUT2D eigenvalue weighted by Crippen LogP contribution is -2.47. The first kappa shape index (κ1) is 21.9. The number of allylic oxidation sites excluding steroid dienone is 1. The van der Waals surface area contributed by atoms with Crippen molar-refractivity contribution in [2.24, 2.45) is 5.92 Å². The Bertz CT molecular complexity index is 485. The quantitative estimate of drug-likeness (QED) is 0.384. The maximum absolute atomic E-state index is 12.6. The molecule has 0 bridgehead atoms. The molecule has 1 saturated heterocycles. The third kappa shape index (κ3) is 6.95. The van der Waals surface area contributed by atoms with Gasteiger partial charge in [0.15, 0.2) is 0 Å². The van der Waals surface area contributed by atoms with E-state index in [0.29, 0.717) is 0 Å².